The van der Waals surface area contributed by atoms with E-state index in [2.05, 4.69) is 15.9 Å². The fourth-order valence-corrected chi connectivity index (χ4v) is 4.42. The van der Waals surface area contributed by atoms with E-state index in [4.69, 9.17) is 9.47 Å². The zero-order valence-corrected chi connectivity index (χ0v) is 14.2. The van der Waals surface area contributed by atoms with Crippen molar-refractivity contribution in [2.45, 2.75) is 39.2 Å². The normalized spacial score (nSPS) is 28.1. The summed E-state index contributed by atoms with van der Waals surface area (Å²) >= 11 is 3.58. The van der Waals surface area contributed by atoms with Crippen molar-refractivity contribution in [1.29, 1.82) is 0 Å². The molecule has 2 aliphatic carbocycles. The number of aliphatic hydroxyl groups is 1. The van der Waals surface area contributed by atoms with Gasteiger partial charge in [-0.25, -0.2) is 0 Å². The highest BCUT2D eigenvalue weighted by Crippen LogP contribution is 2.62. The highest BCUT2D eigenvalue weighted by Gasteiger charge is 2.56. The highest BCUT2D eigenvalue weighted by atomic mass is 79.9. The first-order chi connectivity index (χ1) is 10.2. The van der Waals surface area contributed by atoms with Gasteiger partial charge in [-0.3, -0.25) is 0 Å². The van der Waals surface area contributed by atoms with Crippen molar-refractivity contribution in [3.05, 3.63) is 22.2 Å². The van der Waals surface area contributed by atoms with E-state index >= 15 is 0 Å². The molecule has 0 heterocycles. The monoisotopic (exact) mass is 354 g/mol. The van der Waals surface area contributed by atoms with Gasteiger partial charge < -0.3 is 14.6 Å². The van der Waals surface area contributed by atoms with Gasteiger partial charge in [0, 0.05) is 4.47 Å². The maximum atomic E-state index is 10.7. The van der Waals surface area contributed by atoms with E-state index in [1.807, 2.05) is 26.0 Å². The lowest BCUT2D eigenvalue weighted by atomic mass is 9.99. The minimum Gasteiger partial charge on any atom is -0.490 e. The number of aliphatic hydroxyl groups excluding tert-OH is 1. The molecule has 1 N–H and O–H groups in total. The van der Waals surface area contributed by atoms with Crippen LogP contribution in [0.5, 0.6) is 11.5 Å². The summed E-state index contributed by atoms with van der Waals surface area (Å²) < 4.78 is 12.2. The molecule has 4 heteroatoms. The van der Waals surface area contributed by atoms with Crippen molar-refractivity contribution < 1.29 is 14.6 Å². The molecule has 0 spiro atoms. The largest absolute Gasteiger partial charge is 0.490 e. The summed E-state index contributed by atoms with van der Waals surface area (Å²) in [6.45, 7) is 5.10. The molecule has 116 valence electrons. The second kappa shape index (κ2) is 6.17. The smallest absolute Gasteiger partial charge is 0.162 e. The molecule has 0 radical (unpaired) electrons. The minimum atomic E-state index is -0.399. The first kappa shape index (κ1) is 15.2. The molecule has 0 aliphatic heterocycles. The first-order valence-electron chi connectivity index (χ1n) is 7.94. The zero-order chi connectivity index (χ0) is 15.0. The zero-order valence-electron chi connectivity index (χ0n) is 12.6. The molecule has 2 fully saturated rings. The van der Waals surface area contributed by atoms with Crippen LogP contribution in [0.15, 0.2) is 16.6 Å². The summed E-state index contributed by atoms with van der Waals surface area (Å²) in [5.41, 5.74) is 0.932. The Balaban J connectivity index is 1.85. The van der Waals surface area contributed by atoms with E-state index in [1.165, 1.54) is 19.3 Å². The van der Waals surface area contributed by atoms with E-state index in [9.17, 15) is 5.11 Å². The summed E-state index contributed by atoms with van der Waals surface area (Å²) in [6.07, 6.45) is 3.48. The van der Waals surface area contributed by atoms with Crippen molar-refractivity contribution in [2.24, 2.45) is 17.8 Å². The Bertz CT molecular complexity index is 507. The Morgan fingerprint density at radius 2 is 1.71 bits per heavy atom. The molecule has 3 nitrogen and oxygen atoms in total. The Morgan fingerprint density at radius 3 is 2.29 bits per heavy atom. The van der Waals surface area contributed by atoms with Crippen LogP contribution >= 0.6 is 15.9 Å². The lowest BCUT2D eigenvalue weighted by Gasteiger charge is -2.18. The maximum absolute atomic E-state index is 10.7. The number of halogens is 1. The van der Waals surface area contributed by atoms with Gasteiger partial charge in [0.25, 0.3) is 0 Å². The number of benzene rings is 1. The molecule has 3 unspecified atom stereocenters. The van der Waals surface area contributed by atoms with Gasteiger partial charge in [-0.15, -0.1) is 0 Å². The molecular weight excluding hydrogens is 332 g/mol. The predicted molar refractivity (Wildman–Crippen MR) is 85.8 cm³/mol. The summed E-state index contributed by atoms with van der Waals surface area (Å²) in [5.74, 6) is 3.35. The molecule has 0 saturated heterocycles. The quantitative estimate of drug-likeness (QED) is 0.826. The maximum Gasteiger partial charge on any atom is 0.162 e. The van der Waals surface area contributed by atoms with Gasteiger partial charge in [-0.05, 0) is 62.1 Å². The molecular formula is C17H23BrO3. The van der Waals surface area contributed by atoms with Gasteiger partial charge in [0.2, 0.25) is 0 Å². The Hall–Kier alpha value is -0.740. The van der Waals surface area contributed by atoms with E-state index in [-0.39, 0.29) is 0 Å². The molecule has 2 aliphatic rings. The van der Waals surface area contributed by atoms with E-state index in [0.717, 1.165) is 33.4 Å². The molecule has 0 aromatic heterocycles. The molecule has 3 rings (SSSR count). The first-order valence-corrected chi connectivity index (χ1v) is 8.73. The fourth-order valence-electron chi connectivity index (χ4n) is 3.87. The summed E-state index contributed by atoms with van der Waals surface area (Å²) in [7, 11) is 0. The van der Waals surface area contributed by atoms with Crippen molar-refractivity contribution >= 4 is 15.9 Å². The van der Waals surface area contributed by atoms with Crippen LogP contribution in [-0.4, -0.2) is 18.3 Å². The number of fused-ring (bicyclic) bond motifs is 1. The Labute approximate surface area is 134 Å². The molecule has 0 amide bonds. The van der Waals surface area contributed by atoms with Crippen LogP contribution in [0.25, 0.3) is 0 Å². The van der Waals surface area contributed by atoms with Gasteiger partial charge in [0.15, 0.2) is 11.5 Å². The van der Waals surface area contributed by atoms with Gasteiger partial charge in [-0.1, -0.05) is 22.4 Å². The van der Waals surface area contributed by atoms with E-state index in [1.54, 1.807) is 0 Å². The minimum absolute atomic E-state index is 0.399. The topological polar surface area (TPSA) is 38.7 Å². The summed E-state index contributed by atoms with van der Waals surface area (Å²) in [6, 6.07) is 3.86. The van der Waals surface area contributed by atoms with Crippen molar-refractivity contribution in [2.75, 3.05) is 13.2 Å². The molecule has 1 aromatic carbocycles. The van der Waals surface area contributed by atoms with Gasteiger partial charge in [0.1, 0.15) is 0 Å². The lowest BCUT2D eigenvalue weighted by Crippen LogP contribution is -2.07. The van der Waals surface area contributed by atoms with Crippen LogP contribution in [0.1, 0.15) is 44.8 Å². The van der Waals surface area contributed by atoms with Crippen LogP contribution in [0.4, 0.5) is 0 Å². The van der Waals surface area contributed by atoms with E-state index < -0.39 is 6.10 Å². The number of hydrogen-bond donors (Lipinski definition) is 1. The molecule has 3 atom stereocenters. The van der Waals surface area contributed by atoms with Crippen molar-refractivity contribution in [1.82, 2.24) is 0 Å². The van der Waals surface area contributed by atoms with Gasteiger partial charge >= 0.3 is 0 Å². The Morgan fingerprint density at radius 1 is 1.14 bits per heavy atom. The van der Waals surface area contributed by atoms with Crippen molar-refractivity contribution in [3.63, 3.8) is 0 Å². The molecule has 0 bridgehead atoms. The Kier molecular flexibility index (Phi) is 4.46. The standard InChI is InChI=1S/C17H23BrO3/c1-3-20-14-8-12(13(18)9-15(14)21-4-2)17(19)16-10-6-5-7-11(10)16/h8-11,16-17,19H,3-7H2,1-2H3. The molecule has 2 saturated carbocycles. The SMILES string of the molecule is CCOc1cc(Br)c(C(O)C2C3CCCC32)cc1OCC. The van der Waals surface area contributed by atoms with Gasteiger partial charge in [-0.2, -0.15) is 0 Å². The average molecular weight is 355 g/mol. The molecule has 1 aromatic rings. The van der Waals surface area contributed by atoms with Gasteiger partial charge in [0.05, 0.1) is 19.3 Å². The van der Waals surface area contributed by atoms with Crippen molar-refractivity contribution in [3.8, 4) is 11.5 Å². The third kappa shape index (κ3) is 2.80. The van der Waals surface area contributed by atoms with Crippen LogP contribution in [0.3, 0.4) is 0 Å². The average Bonchev–Trinajstić information content (AvgIpc) is 2.94. The van der Waals surface area contributed by atoms with Crippen LogP contribution in [-0.2, 0) is 0 Å². The second-order valence-corrected chi connectivity index (χ2v) is 6.82. The van der Waals surface area contributed by atoms with E-state index in [0.29, 0.717) is 19.1 Å². The molecule has 21 heavy (non-hydrogen) atoms. The third-order valence-corrected chi connectivity index (χ3v) is 5.51. The van der Waals surface area contributed by atoms with Crippen LogP contribution < -0.4 is 9.47 Å². The number of hydrogen-bond acceptors (Lipinski definition) is 3. The second-order valence-electron chi connectivity index (χ2n) is 5.97. The third-order valence-electron chi connectivity index (χ3n) is 4.82. The summed E-state index contributed by atoms with van der Waals surface area (Å²) in [5, 5.41) is 10.7. The summed E-state index contributed by atoms with van der Waals surface area (Å²) in [4.78, 5) is 0. The van der Waals surface area contributed by atoms with Crippen LogP contribution in [0, 0.1) is 17.8 Å². The van der Waals surface area contributed by atoms with Crippen LogP contribution in [0.2, 0.25) is 0 Å². The lowest BCUT2D eigenvalue weighted by molar-refractivity contribution is 0.136. The fraction of sp³-hybridized carbons (Fsp3) is 0.647. The number of rotatable bonds is 6. The highest BCUT2D eigenvalue weighted by molar-refractivity contribution is 9.10. The predicted octanol–water partition coefficient (Wildman–Crippen LogP) is 4.33. The number of ether oxygens (including phenoxy) is 2.